The van der Waals surface area contributed by atoms with Gasteiger partial charge in [-0.15, -0.1) is 0 Å². The van der Waals surface area contributed by atoms with Gasteiger partial charge in [-0.25, -0.2) is 13.1 Å². The van der Waals surface area contributed by atoms with Gasteiger partial charge in [0.15, 0.2) is 0 Å². The minimum absolute atomic E-state index is 0.171. The fourth-order valence-corrected chi connectivity index (χ4v) is 5.09. The Hall–Kier alpha value is -3.89. The highest BCUT2D eigenvalue weighted by atomic mass is 35.5. The van der Waals surface area contributed by atoms with Gasteiger partial charge in [-0.05, 0) is 67.8 Å². The lowest BCUT2D eigenvalue weighted by Crippen LogP contribution is -2.32. The summed E-state index contributed by atoms with van der Waals surface area (Å²) in [5.41, 5.74) is 2.53. The molecule has 0 spiro atoms. The Balaban J connectivity index is 1.51. The maximum Gasteiger partial charge on any atom is 0.281 e. The van der Waals surface area contributed by atoms with Crippen molar-refractivity contribution in [1.82, 2.24) is 9.29 Å². The molecule has 4 rings (SSSR count). The Labute approximate surface area is 218 Å². The number of fused-ring (bicyclic) bond motifs is 1. The number of benzene rings is 3. The number of hydrogen-bond acceptors (Lipinski definition) is 6. The number of hydrogen-bond donors (Lipinski definition) is 1. The molecule has 0 atom stereocenters. The first kappa shape index (κ1) is 26.2. The number of nitro groups is 1. The van der Waals surface area contributed by atoms with Crippen molar-refractivity contribution in [3.05, 3.63) is 98.7 Å². The number of ether oxygens (including phenoxy) is 1. The van der Waals surface area contributed by atoms with Crippen molar-refractivity contribution < 1.29 is 22.9 Å². The number of halogens is 1. The average Bonchev–Trinajstić information content (AvgIpc) is 3.23. The summed E-state index contributed by atoms with van der Waals surface area (Å²) in [5, 5.41) is 12.3. The lowest BCUT2D eigenvalue weighted by molar-refractivity contribution is -0.384. The quantitative estimate of drug-likeness (QED) is 0.172. The van der Waals surface area contributed by atoms with Crippen LogP contribution in [0.15, 0.2) is 71.6 Å². The fraction of sp³-hybridized carbons (Fsp3) is 0.192. The van der Waals surface area contributed by atoms with Crippen molar-refractivity contribution in [2.24, 2.45) is 0 Å². The van der Waals surface area contributed by atoms with Crippen LogP contribution < -0.4 is 9.46 Å². The third-order valence-corrected chi connectivity index (χ3v) is 7.78. The van der Waals surface area contributed by atoms with E-state index < -0.39 is 20.9 Å². The number of para-hydroxylation sites is 1. The van der Waals surface area contributed by atoms with Gasteiger partial charge in [0.05, 0.1) is 16.4 Å². The van der Waals surface area contributed by atoms with E-state index in [0.717, 1.165) is 46.3 Å². The summed E-state index contributed by atoms with van der Waals surface area (Å²) in [6, 6.07) is 17.0. The molecule has 0 saturated carbocycles. The van der Waals surface area contributed by atoms with Crippen molar-refractivity contribution in [1.29, 1.82) is 0 Å². The second kappa shape index (κ2) is 10.6. The molecule has 192 valence electrons. The molecule has 3 aromatic carbocycles. The Morgan fingerprint density at radius 2 is 1.70 bits per heavy atom. The van der Waals surface area contributed by atoms with Crippen LogP contribution in [0.4, 0.5) is 5.69 Å². The number of nitro benzene ring substituents is 1. The SMILES string of the molecule is Cc1cc(OCCCn2c(C(=O)NS(=O)(=O)c3ccc([N+](=O)[O-])cc3)cc3ccccc32)cc(C)c1Cl. The molecule has 11 heteroatoms. The summed E-state index contributed by atoms with van der Waals surface area (Å²) in [5.74, 6) is -0.108. The first-order chi connectivity index (χ1) is 17.6. The third-order valence-electron chi connectivity index (χ3n) is 5.83. The Morgan fingerprint density at radius 1 is 1.05 bits per heavy atom. The molecule has 9 nitrogen and oxygen atoms in total. The zero-order valence-corrected chi connectivity index (χ0v) is 21.7. The molecule has 1 aromatic heterocycles. The van der Waals surface area contributed by atoms with Gasteiger partial charge >= 0.3 is 0 Å². The highest BCUT2D eigenvalue weighted by Gasteiger charge is 2.23. The molecule has 0 aliphatic carbocycles. The van der Waals surface area contributed by atoms with E-state index in [4.69, 9.17) is 16.3 Å². The zero-order chi connectivity index (χ0) is 26.7. The zero-order valence-electron chi connectivity index (χ0n) is 20.1. The molecule has 0 bridgehead atoms. The van der Waals surface area contributed by atoms with Crippen LogP contribution in [-0.4, -0.2) is 30.4 Å². The summed E-state index contributed by atoms with van der Waals surface area (Å²) < 4.78 is 35.3. The topological polar surface area (TPSA) is 121 Å². The minimum Gasteiger partial charge on any atom is -0.494 e. The van der Waals surface area contributed by atoms with E-state index in [-0.39, 0.29) is 16.3 Å². The maximum absolute atomic E-state index is 13.1. The number of amides is 1. The molecular weight excluding hydrogens is 518 g/mol. The van der Waals surface area contributed by atoms with Gasteiger partial charge in [-0.1, -0.05) is 29.8 Å². The lowest BCUT2D eigenvalue weighted by Gasteiger charge is -2.13. The Bertz CT molecular complexity index is 1570. The number of nitrogens with one attached hydrogen (secondary N) is 1. The van der Waals surface area contributed by atoms with E-state index in [0.29, 0.717) is 30.3 Å². The first-order valence-electron chi connectivity index (χ1n) is 11.4. The molecule has 1 heterocycles. The Morgan fingerprint density at radius 3 is 2.35 bits per heavy atom. The van der Waals surface area contributed by atoms with Gasteiger partial charge in [0, 0.05) is 34.6 Å². The van der Waals surface area contributed by atoms with Crippen LogP contribution >= 0.6 is 11.6 Å². The van der Waals surface area contributed by atoms with Gasteiger partial charge in [0.2, 0.25) is 0 Å². The summed E-state index contributed by atoms with van der Waals surface area (Å²) in [4.78, 5) is 23.1. The molecule has 37 heavy (non-hydrogen) atoms. The van der Waals surface area contributed by atoms with E-state index in [1.165, 1.54) is 0 Å². The molecule has 0 aliphatic heterocycles. The number of carbonyl (C=O) groups is 1. The summed E-state index contributed by atoms with van der Waals surface area (Å²) in [6.07, 6.45) is 0.550. The molecular formula is C26H24ClN3O6S. The van der Waals surface area contributed by atoms with Gasteiger partial charge in [-0.3, -0.25) is 14.9 Å². The van der Waals surface area contributed by atoms with Gasteiger partial charge in [0.1, 0.15) is 11.4 Å². The van der Waals surface area contributed by atoms with E-state index >= 15 is 0 Å². The molecule has 0 radical (unpaired) electrons. The summed E-state index contributed by atoms with van der Waals surface area (Å²) >= 11 is 6.22. The molecule has 0 aliphatic rings. The van der Waals surface area contributed by atoms with E-state index in [1.807, 2.05) is 50.2 Å². The number of sulfonamides is 1. The molecule has 0 saturated heterocycles. The van der Waals surface area contributed by atoms with E-state index in [1.54, 1.807) is 10.6 Å². The number of aromatic nitrogens is 1. The maximum atomic E-state index is 13.1. The van der Waals surface area contributed by atoms with Crippen LogP contribution in [0.3, 0.4) is 0 Å². The van der Waals surface area contributed by atoms with Crippen molar-refractivity contribution in [2.45, 2.75) is 31.7 Å². The molecule has 0 unspecified atom stereocenters. The molecule has 1 N–H and O–H groups in total. The summed E-state index contributed by atoms with van der Waals surface area (Å²) in [7, 11) is -4.25. The number of nitrogens with zero attached hydrogens (tertiary/aromatic N) is 2. The fourth-order valence-electron chi connectivity index (χ4n) is 4.02. The second-order valence-electron chi connectivity index (χ2n) is 8.50. The number of carbonyl (C=O) groups excluding carboxylic acids is 1. The van der Waals surface area contributed by atoms with E-state index in [9.17, 15) is 23.3 Å². The highest BCUT2D eigenvalue weighted by molar-refractivity contribution is 7.90. The van der Waals surface area contributed by atoms with Gasteiger partial charge in [-0.2, -0.15) is 0 Å². The molecule has 4 aromatic rings. The predicted molar refractivity (Wildman–Crippen MR) is 141 cm³/mol. The monoisotopic (exact) mass is 541 g/mol. The van der Waals surface area contributed by atoms with E-state index in [2.05, 4.69) is 4.72 Å². The number of aryl methyl sites for hydroxylation is 3. The normalized spacial score (nSPS) is 11.4. The smallest absolute Gasteiger partial charge is 0.281 e. The van der Waals surface area contributed by atoms with Crippen LogP contribution in [0.2, 0.25) is 5.02 Å². The number of rotatable bonds is 9. The lowest BCUT2D eigenvalue weighted by atomic mass is 10.1. The van der Waals surface area contributed by atoms with Crippen molar-refractivity contribution in [2.75, 3.05) is 6.61 Å². The highest BCUT2D eigenvalue weighted by Crippen LogP contribution is 2.26. The van der Waals surface area contributed by atoms with Crippen molar-refractivity contribution >= 4 is 44.1 Å². The third kappa shape index (κ3) is 5.76. The standard InChI is InChI=1S/C26H24ClN3O6S/c1-17-14-21(15-18(2)25(17)27)36-13-5-12-29-23-7-4-3-6-19(23)16-24(29)26(31)28-37(34,35)22-10-8-20(9-11-22)30(32)33/h3-4,6-11,14-16H,5,12-13H2,1-2H3,(H,28,31). The predicted octanol–water partition coefficient (Wildman–Crippen LogP) is 5.41. The summed E-state index contributed by atoms with van der Waals surface area (Å²) in [6.45, 7) is 4.59. The Kier molecular flexibility index (Phi) is 7.51. The van der Waals surface area contributed by atoms with Crippen molar-refractivity contribution in [3.63, 3.8) is 0 Å². The van der Waals surface area contributed by atoms with Crippen LogP contribution in [0, 0.1) is 24.0 Å². The molecule has 1 amide bonds. The average molecular weight is 542 g/mol. The van der Waals surface area contributed by atoms with Crippen LogP contribution in [-0.2, 0) is 16.6 Å². The van der Waals surface area contributed by atoms with Crippen LogP contribution in [0.25, 0.3) is 10.9 Å². The van der Waals surface area contributed by atoms with Gasteiger partial charge < -0.3 is 9.30 Å². The van der Waals surface area contributed by atoms with Gasteiger partial charge in [0.25, 0.3) is 21.6 Å². The molecule has 0 fully saturated rings. The van der Waals surface area contributed by atoms with Crippen LogP contribution in [0.5, 0.6) is 5.75 Å². The second-order valence-corrected chi connectivity index (χ2v) is 10.6. The minimum atomic E-state index is -4.25. The van der Waals surface area contributed by atoms with Crippen LogP contribution in [0.1, 0.15) is 28.0 Å². The largest absolute Gasteiger partial charge is 0.494 e. The van der Waals surface area contributed by atoms with Crippen molar-refractivity contribution in [3.8, 4) is 5.75 Å². The first-order valence-corrected chi connectivity index (χ1v) is 13.2. The number of non-ortho nitro benzene ring substituents is 1.